The maximum Gasteiger partial charge on any atom is 0.164 e. The van der Waals surface area contributed by atoms with Crippen molar-refractivity contribution < 1.29 is 9.47 Å². The zero-order chi connectivity index (χ0) is 15.4. The predicted octanol–water partition coefficient (Wildman–Crippen LogP) is 3.15. The van der Waals surface area contributed by atoms with E-state index in [0.717, 1.165) is 12.8 Å². The second kappa shape index (κ2) is 7.11. The van der Waals surface area contributed by atoms with Crippen molar-refractivity contribution in [2.24, 2.45) is 5.92 Å². The molecule has 1 saturated heterocycles. The van der Waals surface area contributed by atoms with Gasteiger partial charge >= 0.3 is 0 Å². The number of ether oxygens (including phenoxy) is 2. The van der Waals surface area contributed by atoms with Crippen LogP contribution in [0, 0.1) is 11.3 Å². The number of hydrogen-bond donors (Lipinski definition) is 2. The van der Waals surface area contributed by atoms with Crippen LogP contribution >= 0.6 is 11.6 Å². The largest absolute Gasteiger partial charge is 0.454 e. The summed E-state index contributed by atoms with van der Waals surface area (Å²) in [6.45, 7) is 1.41. The normalized spacial score (nSPS) is 19.8. The van der Waals surface area contributed by atoms with Crippen LogP contribution in [0.4, 0.5) is 0 Å². The molecule has 0 unspecified atom stereocenters. The average Bonchev–Trinajstić information content (AvgIpc) is 3.36. The molecule has 22 heavy (non-hydrogen) atoms. The fourth-order valence-electron chi connectivity index (χ4n) is 2.37. The lowest BCUT2D eigenvalue weighted by atomic mass is 9.93. The zero-order valence-electron chi connectivity index (χ0n) is 12.3. The van der Waals surface area contributed by atoms with Crippen molar-refractivity contribution in [1.82, 2.24) is 10.3 Å². The fourth-order valence-corrected chi connectivity index (χ4v) is 2.53. The Morgan fingerprint density at radius 1 is 1.36 bits per heavy atom. The van der Waals surface area contributed by atoms with E-state index in [9.17, 15) is 0 Å². The van der Waals surface area contributed by atoms with E-state index in [4.69, 9.17) is 26.5 Å². The molecule has 0 spiro atoms. The monoisotopic (exact) mass is 321 g/mol. The van der Waals surface area contributed by atoms with Gasteiger partial charge in [-0.25, -0.2) is 4.98 Å². The smallest absolute Gasteiger partial charge is 0.164 e. The topological polar surface area (TPSA) is 67.2 Å². The Morgan fingerprint density at radius 2 is 2.14 bits per heavy atom. The molecule has 0 aromatic carbocycles. The molecule has 1 aromatic heterocycles. The van der Waals surface area contributed by atoms with E-state index < -0.39 is 0 Å². The summed E-state index contributed by atoms with van der Waals surface area (Å²) in [6, 6.07) is 3.92. The standard InChI is InChI=1S/C16H20ClN3O2/c17-15-9-13(3-6-19-15)22-14(10-20-12-1-2-12)16(18)11-4-7-21-8-5-11/h3,6,9-12,18,20H,1-2,4-5,7-8H2/b14-10+,18-16?. The molecule has 0 radical (unpaired) electrons. The summed E-state index contributed by atoms with van der Waals surface area (Å²) >= 11 is 5.90. The number of pyridine rings is 1. The maximum absolute atomic E-state index is 8.47. The van der Waals surface area contributed by atoms with E-state index in [1.54, 1.807) is 18.3 Å². The summed E-state index contributed by atoms with van der Waals surface area (Å²) in [5.41, 5.74) is 0.518. The van der Waals surface area contributed by atoms with Crippen molar-refractivity contribution in [3.63, 3.8) is 0 Å². The van der Waals surface area contributed by atoms with Crippen LogP contribution in [0.5, 0.6) is 5.75 Å². The first-order valence-electron chi connectivity index (χ1n) is 7.64. The van der Waals surface area contributed by atoms with Crippen molar-refractivity contribution in [1.29, 1.82) is 5.41 Å². The molecular weight excluding hydrogens is 302 g/mol. The highest BCUT2D eigenvalue weighted by Gasteiger charge is 2.24. The number of nitrogens with zero attached hydrogens (tertiary/aromatic N) is 1. The summed E-state index contributed by atoms with van der Waals surface area (Å²) in [4.78, 5) is 3.95. The lowest BCUT2D eigenvalue weighted by Crippen LogP contribution is -2.27. The van der Waals surface area contributed by atoms with Crippen LogP contribution in [0.2, 0.25) is 5.15 Å². The number of hydrogen-bond acceptors (Lipinski definition) is 5. The van der Waals surface area contributed by atoms with Gasteiger partial charge in [0.2, 0.25) is 0 Å². The van der Waals surface area contributed by atoms with Gasteiger partial charge in [0.15, 0.2) is 5.76 Å². The SMILES string of the molecule is N=C(/C(=C\NC1CC1)Oc1ccnc(Cl)c1)C1CCOCC1. The minimum Gasteiger partial charge on any atom is -0.454 e. The lowest BCUT2D eigenvalue weighted by molar-refractivity contribution is 0.0822. The molecule has 0 amide bonds. The highest BCUT2D eigenvalue weighted by Crippen LogP contribution is 2.24. The molecule has 0 bridgehead atoms. The third-order valence-electron chi connectivity index (χ3n) is 3.85. The van der Waals surface area contributed by atoms with E-state index in [0.29, 0.717) is 41.6 Å². The van der Waals surface area contributed by atoms with Crippen LogP contribution in [0.25, 0.3) is 0 Å². The minimum absolute atomic E-state index is 0.179. The highest BCUT2D eigenvalue weighted by atomic mass is 35.5. The molecule has 1 saturated carbocycles. The van der Waals surface area contributed by atoms with Gasteiger partial charge in [-0.1, -0.05) is 11.6 Å². The molecule has 2 aliphatic rings. The van der Waals surface area contributed by atoms with Gasteiger partial charge in [-0.2, -0.15) is 0 Å². The van der Waals surface area contributed by atoms with Crippen LogP contribution in [0.1, 0.15) is 25.7 Å². The second-order valence-corrected chi connectivity index (χ2v) is 6.05. The molecule has 5 nitrogen and oxygen atoms in total. The van der Waals surface area contributed by atoms with Gasteiger partial charge in [-0.05, 0) is 31.7 Å². The molecule has 1 aliphatic heterocycles. The molecule has 1 aliphatic carbocycles. The van der Waals surface area contributed by atoms with Gasteiger partial charge in [-0.15, -0.1) is 0 Å². The Kier molecular flexibility index (Phi) is 4.95. The first-order chi connectivity index (χ1) is 10.7. The minimum atomic E-state index is 0.179. The molecule has 2 fully saturated rings. The zero-order valence-corrected chi connectivity index (χ0v) is 13.1. The van der Waals surface area contributed by atoms with Gasteiger partial charge in [0.05, 0.1) is 5.71 Å². The summed E-state index contributed by atoms with van der Waals surface area (Å²) in [5, 5.41) is 12.2. The van der Waals surface area contributed by atoms with Crippen LogP contribution in [0.15, 0.2) is 30.3 Å². The fraction of sp³-hybridized carbons (Fsp3) is 0.500. The van der Waals surface area contributed by atoms with Crippen molar-refractivity contribution in [3.8, 4) is 5.75 Å². The number of halogens is 1. The van der Waals surface area contributed by atoms with Crippen LogP contribution in [-0.2, 0) is 4.74 Å². The summed E-state index contributed by atoms with van der Waals surface area (Å²) in [5.74, 6) is 1.33. The van der Waals surface area contributed by atoms with Crippen LogP contribution in [0.3, 0.4) is 0 Å². The van der Waals surface area contributed by atoms with Crippen molar-refractivity contribution in [3.05, 3.63) is 35.4 Å². The highest BCUT2D eigenvalue weighted by molar-refractivity contribution is 6.29. The third-order valence-corrected chi connectivity index (χ3v) is 4.06. The molecule has 1 aromatic rings. The Hall–Kier alpha value is -1.59. The number of rotatable bonds is 6. The van der Waals surface area contributed by atoms with Crippen molar-refractivity contribution in [2.75, 3.05) is 13.2 Å². The quantitative estimate of drug-likeness (QED) is 0.480. The Bertz CT molecular complexity index is 566. The predicted molar refractivity (Wildman–Crippen MR) is 85.4 cm³/mol. The van der Waals surface area contributed by atoms with Gasteiger partial charge in [0, 0.05) is 43.6 Å². The van der Waals surface area contributed by atoms with E-state index >= 15 is 0 Å². The number of nitrogens with one attached hydrogen (secondary N) is 2. The number of aromatic nitrogens is 1. The summed E-state index contributed by atoms with van der Waals surface area (Å²) < 4.78 is 11.3. The molecule has 118 valence electrons. The van der Waals surface area contributed by atoms with Crippen molar-refractivity contribution in [2.45, 2.75) is 31.7 Å². The molecule has 6 heteroatoms. The Balaban J connectivity index is 1.73. The first-order valence-corrected chi connectivity index (χ1v) is 8.02. The molecule has 0 atom stereocenters. The van der Waals surface area contributed by atoms with E-state index in [-0.39, 0.29) is 5.92 Å². The van der Waals surface area contributed by atoms with Crippen molar-refractivity contribution >= 4 is 17.3 Å². The lowest BCUT2D eigenvalue weighted by Gasteiger charge is -2.24. The molecule has 2 N–H and O–H groups in total. The molecular formula is C16H20ClN3O2. The maximum atomic E-state index is 8.47. The average molecular weight is 322 g/mol. The van der Waals surface area contributed by atoms with E-state index in [1.165, 1.54) is 12.8 Å². The summed E-state index contributed by atoms with van der Waals surface area (Å²) in [6.07, 6.45) is 7.50. The number of allylic oxidation sites excluding steroid dienone is 1. The van der Waals surface area contributed by atoms with Gasteiger partial charge in [-0.3, -0.25) is 0 Å². The van der Waals surface area contributed by atoms with Crippen LogP contribution in [-0.4, -0.2) is 30.0 Å². The second-order valence-electron chi connectivity index (χ2n) is 5.67. The third kappa shape index (κ3) is 4.21. The molecule has 2 heterocycles. The Morgan fingerprint density at radius 3 is 2.82 bits per heavy atom. The van der Waals surface area contributed by atoms with E-state index in [2.05, 4.69) is 10.3 Å². The van der Waals surface area contributed by atoms with Gasteiger partial charge in [0.1, 0.15) is 10.9 Å². The first kappa shape index (κ1) is 15.3. The Labute approximate surface area is 135 Å². The van der Waals surface area contributed by atoms with Gasteiger partial charge in [0.25, 0.3) is 0 Å². The van der Waals surface area contributed by atoms with E-state index in [1.807, 2.05) is 6.20 Å². The summed E-state index contributed by atoms with van der Waals surface area (Å²) in [7, 11) is 0. The molecule has 3 rings (SSSR count). The van der Waals surface area contributed by atoms with Gasteiger partial charge < -0.3 is 20.2 Å². The van der Waals surface area contributed by atoms with Crippen LogP contribution < -0.4 is 10.1 Å².